The van der Waals surface area contributed by atoms with Gasteiger partial charge in [0, 0.05) is 6.42 Å². The van der Waals surface area contributed by atoms with E-state index in [1.165, 1.54) is 5.56 Å². The van der Waals surface area contributed by atoms with E-state index in [2.05, 4.69) is 16.8 Å². The number of benzene rings is 2. The van der Waals surface area contributed by atoms with Crippen LogP contribution in [0.2, 0.25) is 0 Å². The van der Waals surface area contributed by atoms with Gasteiger partial charge in [0.1, 0.15) is 5.54 Å². The first-order valence-corrected chi connectivity index (χ1v) is 9.45. The van der Waals surface area contributed by atoms with E-state index < -0.39 is 17.5 Å². The summed E-state index contributed by atoms with van der Waals surface area (Å²) in [5, 5.41) is 3.56. The molecule has 0 aromatic heterocycles. The van der Waals surface area contributed by atoms with E-state index in [-0.39, 0.29) is 12.3 Å². The molecular formula is C22H25N3O3. The molecule has 1 saturated heterocycles. The molecule has 1 fully saturated rings. The summed E-state index contributed by atoms with van der Waals surface area (Å²) in [7, 11) is 0. The maximum absolute atomic E-state index is 13.0. The van der Waals surface area contributed by atoms with Crippen molar-refractivity contribution >= 4 is 17.8 Å². The highest BCUT2D eigenvalue weighted by Gasteiger charge is 2.52. The number of nitrogens with zero attached hydrogens (tertiary/aromatic N) is 1. The minimum absolute atomic E-state index is 0.186. The van der Waals surface area contributed by atoms with Crippen molar-refractivity contribution in [3.63, 3.8) is 0 Å². The van der Waals surface area contributed by atoms with Gasteiger partial charge in [0.05, 0.1) is 0 Å². The zero-order valence-electron chi connectivity index (χ0n) is 16.4. The van der Waals surface area contributed by atoms with Gasteiger partial charge in [-0.1, -0.05) is 61.0 Å². The lowest BCUT2D eigenvalue weighted by molar-refractivity contribution is -0.139. The third-order valence-corrected chi connectivity index (χ3v) is 5.24. The average Bonchev–Trinajstić information content (AvgIpc) is 2.93. The Kier molecular flexibility index (Phi) is 5.49. The number of aryl methyl sites for hydroxylation is 3. The first kappa shape index (κ1) is 19.6. The number of amides is 4. The Labute approximate surface area is 164 Å². The fourth-order valence-electron chi connectivity index (χ4n) is 3.59. The first-order valence-electron chi connectivity index (χ1n) is 9.45. The lowest BCUT2D eigenvalue weighted by Crippen LogP contribution is -2.48. The van der Waals surface area contributed by atoms with Crippen molar-refractivity contribution < 1.29 is 14.4 Å². The van der Waals surface area contributed by atoms with Gasteiger partial charge in [-0.25, -0.2) is 4.79 Å². The highest BCUT2D eigenvalue weighted by molar-refractivity contribution is 6.08. The molecular weight excluding hydrogens is 354 g/mol. The van der Waals surface area contributed by atoms with E-state index in [0.29, 0.717) is 18.4 Å². The van der Waals surface area contributed by atoms with Crippen LogP contribution in [0.15, 0.2) is 48.5 Å². The average molecular weight is 379 g/mol. The number of carbonyl (C=O) groups is 3. The predicted octanol–water partition coefficient (Wildman–Crippen LogP) is 3.12. The molecule has 0 unspecified atom stereocenters. The lowest BCUT2D eigenvalue weighted by atomic mass is 9.87. The van der Waals surface area contributed by atoms with Crippen LogP contribution >= 0.6 is 0 Å². The molecule has 2 aromatic rings. The minimum Gasteiger partial charge on any atom is -0.318 e. The molecule has 1 heterocycles. The van der Waals surface area contributed by atoms with E-state index in [9.17, 15) is 14.4 Å². The topological polar surface area (TPSA) is 78.5 Å². The second kappa shape index (κ2) is 7.84. The van der Waals surface area contributed by atoms with Gasteiger partial charge in [0.15, 0.2) is 0 Å². The largest absolute Gasteiger partial charge is 0.344 e. The number of hydrogen-bond donors (Lipinski definition) is 2. The van der Waals surface area contributed by atoms with Crippen molar-refractivity contribution in [3.05, 3.63) is 70.8 Å². The van der Waals surface area contributed by atoms with Crippen molar-refractivity contribution in [2.45, 2.75) is 45.6 Å². The standard InChI is InChI=1S/C22H25N3O3/c1-4-22(18-8-6-5-7-9-18)20(27)25(21(28)23-22)24-19(26)13-12-17-11-10-15(2)14-16(17)3/h5-11,14H,4,12-13H2,1-3H3,(H,23,28)(H,24,26)/t22-/m0/s1. The van der Waals surface area contributed by atoms with E-state index in [0.717, 1.165) is 16.1 Å². The zero-order valence-corrected chi connectivity index (χ0v) is 16.4. The number of carbonyl (C=O) groups excluding carboxylic acids is 3. The number of hydrogen-bond acceptors (Lipinski definition) is 3. The van der Waals surface area contributed by atoms with E-state index in [4.69, 9.17) is 0 Å². The van der Waals surface area contributed by atoms with Crippen LogP contribution in [0.1, 0.15) is 42.0 Å². The van der Waals surface area contributed by atoms with Crippen molar-refractivity contribution in [2.24, 2.45) is 0 Å². The molecule has 2 N–H and O–H groups in total. The summed E-state index contributed by atoms with van der Waals surface area (Å²) in [5.74, 6) is -0.838. The predicted molar refractivity (Wildman–Crippen MR) is 106 cm³/mol. The van der Waals surface area contributed by atoms with E-state index in [1.807, 2.05) is 51.1 Å². The summed E-state index contributed by atoms with van der Waals surface area (Å²) in [6, 6.07) is 14.5. The van der Waals surface area contributed by atoms with Gasteiger partial charge >= 0.3 is 6.03 Å². The molecule has 6 nitrogen and oxygen atoms in total. The molecule has 0 spiro atoms. The monoisotopic (exact) mass is 379 g/mol. The molecule has 3 rings (SSSR count). The van der Waals surface area contributed by atoms with Crippen LogP contribution in [0.3, 0.4) is 0 Å². The molecule has 2 aromatic carbocycles. The smallest absolute Gasteiger partial charge is 0.318 e. The van der Waals surface area contributed by atoms with Crippen LogP contribution in [-0.2, 0) is 21.5 Å². The number of nitrogens with one attached hydrogen (secondary N) is 2. The van der Waals surface area contributed by atoms with Crippen molar-refractivity contribution in [1.29, 1.82) is 0 Å². The van der Waals surface area contributed by atoms with Gasteiger partial charge in [0.25, 0.3) is 5.91 Å². The molecule has 146 valence electrons. The minimum atomic E-state index is -1.15. The second-order valence-electron chi connectivity index (χ2n) is 7.16. The van der Waals surface area contributed by atoms with Crippen LogP contribution in [-0.4, -0.2) is 22.9 Å². The number of rotatable bonds is 6. The van der Waals surface area contributed by atoms with Gasteiger partial charge in [-0.15, -0.1) is 0 Å². The third-order valence-electron chi connectivity index (χ3n) is 5.24. The molecule has 1 aliphatic heterocycles. The van der Waals surface area contributed by atoms with Gasteiger partial charge < -0.3 is 5.32 Å². The highest BCUT2D eigenvalue weighted by Crippen LogP contribution is 2.31. The fraction of sp³-hybridized carbons (Fsp3) is 0.318. The highest BCUT2D eigenvalue weighted by atomic mass is 16.2. The normalized spacial score (nSPS) is 18.9. The molecule has 28 heavy (non-hydrogen) atoms. The summed E-state index contributed by atoms with van der Waals surface area (Å²) in [5.41, 5.74) is 5.38. The maximum Gasteiger partial charge on any atom is 0.344 e. The Morgan fingerprint density at radius 1 is 1.11 bits per heavy atom. The van der Waals surface area contributed by atoms with E-state index in [1.54, 1.807) is 12.1 Å². The summed E-state index contributed by atoms with van der Waals surface area (Å²) in [4.78, 5) is 37.8. The van der Waals surface area contributed by atoms with Crippen molar-refractivity contribution in [3.8, 4) is 0 Å². The zero-order chi connectivity index (χ0) is 20.3. The second-order valence-corrected chi connectivity index (χ2v) is 7.16. The van der Waals surface area contributed by atoms with Gasteiger partial charge in [-0.3, -0.25) is 15.0 Å². The molecule has 4 amide bonds. The van der Waals surface area contributed by atoms with Crippen LogP contribution < -0.4 is 10.7 Å². The Morgan fingerprint density at radius 3 is 2.46 bits per heavy atom. The van der Waals surface area contributed by atoms with Crippen LogP contribution in [0.4, 0.5) is 4.79 Å². The van der Waals surface area contributed by atoms with Crippen LogP contribution in [0, 0.1) is 13.8 Å². The lowest BCUT2D eigenvalue weighted by Gasteiger charge is -2.25. The molecule has 0 radical (unpaired) electrons. The van der Waals surface area contributed by atoms with Crippen LogP contribution in [0.5, 0.6) is 0 Å². The maximum atomic E-state index is 13.0. The molecule has 1 atom stereocenters. The SMILES string of the molecule is CC[C@@]1(c2ccccc2)NC(=O)N(NC(=O)CCc2ccc(C)cc2C)C1=O. The Balaban J connectivity index is 1.69. The molecule has 0 bridgehead atoms. The van der Waals surface area contributed by atoms with Gasteiger partial charge in [-0.05, 0) is 43.4 Å². The third kappa shape index (κ3) is 3.63. The fourth-order valence-corrected chi connectivity index (χ4v) is 3.59. The summed E-state index contributed by atoms with van der Waals surface area (Å²) >= 11 is 0. The van der Waals surface area contributed by atoms with Crippen molar-refractivity contribution in [1.82, 2.24) is 15.8 Å². The quantitative estimate of drug-likeness (QED) is 0.757. The molecule has 1 aliphatic rings. The summed E-state index contributed by atoms with van der Waals surface area (Å²) in [6.45, 7) is 5.86. The van der Waals surface area contributed by atoms with Crippen molar-refractivity contribution in [2.75, 3.05) is 0 Å². The number of imide groups is 1. The van der Waals surface area contributed by atoms with Crippen LogP contribution in [0.25, 0.3) is 0 Å². The Bertz CT molecular complexity index is 910. The Hall–Kier alpha value is -3.15. The number of urea groups is 1. The van der Waals surface area contributed by atoms with E-state index >= 15 is 0 Å². The Morgan fingerprint density at radius 2 is 1.82 bits per heavy atom. The summed E-state index contributed by atoms with van der Waals surface area (Å²) in [6.07, 6.45) is 1.11. The molecule has 6 heteroatoms. The first-order chi connectivity index (χ1) is 13.4. The summed E-state index contributed by atoms with van der Waals surface area (Å²) < 4.78 is 0. The number of hydrazine groups is 1. The molecule has 0 saturated carbocycles. The van der Waals surface area contributed by atoms with Gasteiger partial charge in [-0.2, -0.15) is 5.01 Å². The molecule has 0 aliphatic carbocycles. The van der Waals surface area contributed by atoms with Gasteiger partial charge in [0.2, 0.25) is 5.91 Å².